The standard InChI is InChI=1S/C18H34O3/c1-6-17(4,9-8-15-12-19-15)14(3)11-21-18(5,7-2)10-16-13-20-16/h14-16H,6-13H2,1-5H3. The lowest BCUT2D eigenvalue weighted by Gasteiger charge is -2.38. The molecule has 2 aliphatic rings. The van der Waals surface area contributed by atoms with E-state index < -0.39 is 0 Å². The highest BCUT2D eigenvalue weighted by Gasteiger charge is 2.37. The Balaban J connectivity index is 1.80. The molecule has 2 fully saturated rings. The van der Waals surface area contributed by atoms with Crippen molar-refractivity contribution in [3.05, 3.63) is 0 Å². The van der Waals surface area contributed by atoms with Crippen LogP contribution in [0.4, 0.5) is 0 Å². The summed E-state index contributed by atoms with van der Waals surface area (Å²) in [6.07, 6.45) is 6.72. The molecule has 3 nitrogen and oxygen atoms in total. The van der Waals surface area contributed by atoms with E-state index in [0.29, 0.717) is 23.5 Å². The molecular weight excluding hydrogens is 264 g/mol. The predicted octanol–water partition coefficient (Wildman–Crippen LogP) is 4.19. The minimum absolute atomic E-state index is 0.0241. The molecule has 2 saturated heterocycles. The van der Waals surface area contributed by atoms with Gasteiger partial charge in [-0.2, -0.15) is 0 Å². The molecule has 0 aliphatic carbocycles. The van der Waals surface area contributed by atoms with Crippen molar-refractivity contribution in [3.63, 3.8) is 0 Å². The molecule has 0 aromatic rings. The number of epoxide rings is 2. The van der Waals surface area contributed by atoms with Gasteiger partial charge in [0.05, 0.1) is 37.6 Å². The van der Waals surface area contributed by atoms with Crippen LogP contribution in [0, 0.1) is 11.3 Å². The van der Waals surface area contributed by atoms with Crippen LogP contribution in [0.3, 0.4) is 0 Å². The summed E-state index contributed by atoms with van der Waals surface area (Å²) in [4.78, 5) is 0. The highest BCUT2D eigenvalue weighted by Crippen LogP contribution is 2.39. The predicted molar refractivity (Wildman–Crippen MR) is 85.5 cm³/mol. The fourth-order valence-electron chi connectivity index (χ4n) is 3.00. The largest absolute Gasteiger partial charge is 0.375 e. The SMILES string of the molecule is CCC(C)(CC1CO1)OCC(C)C(C)(CC)CCC1CO1. The molecule has 124 valence electrons. The molecule has 2 heterocycles. The number of hydrogen-bond donors (Lipinski definition) is 0. The molecule has 0 aromatic carbocycles. The Morgan fingerprint density at radius 1 is 1.10 bits per heavy atom. The highest BCUT2D eigenvalue weighted by molar-refractivity contribution is 4.86. The van der Waals surface area contributed by atoms with Gasteiger partial charge in [0.15, 0.2) is 0 Å². The number of ether oxygens (including phenoxy) is 3. The molecule has 3 heteroatoms. The van der Waals surface area contributed by atoms with Gasteiger partial charge in [-0.3, -0.25) is 0 Å². The van der Waals surface area contributed by atoms with Crippen LogP contribution in [0.2, 0.25) is 0 Å². The van der Waals surface area contributed by atoms with Gasteiger partial charge in [0.25, 0.3) is 0 Å². The monoisotopic (exact) mass is 298 g/mol. The summed E-state index contributed by atoms with van der Waals surface area (Å²) < 4.78 is 17.1. The second kappa shape index (κ2) is 6.97. The van der Waals surface area contributed by atoms with Crippen LogP contribution in [-0.4, -0.2) is 37.6 Å². The summed E-state index contributed by atoms with van der Waals surface area (Å²) >= 11 is 0. The quantitative estimate of drug-likeness (QED) is 0.536. The zero-order valence-corrected chi connectivity index (χ0v) is 14.6. The van der Waals surface area contributed by atoms with E-state index in [4.69, 9.17) is 14.2 Å². The highest BCUT2D eigenvalue weighted by atomic mass is 16.6. The molecule has 2 aliphatic heterocycles. The third kappa shape index (κ3) is 5.22. The van der Waals surface area contributed by atoms with Gasteiger partial charge in [0, 0.05) is 6.42 Å². The Kier molecular flexibility index (Phi) is 5.72. The molecule has 0 spiro atoms. The van der Waals surface area contributed by atoms with Crippen molar-refractivity contribution >= 4 is 0 Å². The van der Waals surface area contributed by atoms with E-state index in [9.17, 15) is 0 Å². The van der Waals surface area contributed by atoms with Gasteiger partial charge < -0.3 is 14.2 Å². The van der Waals surface area contributed by atoms with Crippen molar-refractivity contribution in [2.24, 2.45) is 11.3 Å². The summed E-state index contributed by atoms with van der Waals surface area (Å²) in [5.74, 6) is 0.576. The molecule has 5 atom stereocenters. The number of hydrogen-bond acceptors (Lipinski definition) is 3. The Bertz CT molecular complexity index is 324. The van der Waals surface area contributed by atoms with E-state index in [1.807, 2.05) is 0 Å². The smallest absolute Gasteiger partial charge is 0.0837 e. The summed E-state index contributed by atoms with van der Waals surface area (Å²) in [6, 6.07) is 0. The van der Waals surface area contributed by atoms with Crippen molar-refractivity contribution in [1.29, 1.82) is 0 Å². The maximum Gasteiger partial charge on any atom is 0.0837 e. The fourth-order valence-corrected chi connectivity index (χ4v) is 3.00. The molecule has 0 radical (unpaired) electrons. The van der Waals surface area contributed by atoms with Gasteiger partial charge in [-0.05, 0) is 37.5 Å². The van der Waals surface area contributed by atoms with Crippen molar-refractivity contribution in [1.82, 2.24) is 0 Å². The van der Waals surface area contributed by atoms with Gasteiger partial charge in [-0.25, -0.2) is 0 Å². The molecule has 2 rings (SSSR count). The summed E-state index contributed by atoms with van der Waals surface area (Å²) in [5, 5.41) is 0. The molecule has 5 unspecified atom stereocenters. The Morgan fingerprint density at radius 2 is 1.71 bits per heavy atom. The van der Waals surface area contributed by atoms with Gasteiger partial charge in [-0.15, -0.1) is 0 Å². The summed E-state index contributed by atoms with van der Waals surface area (Å²) in [7, 11) is 0. The topological polar surface area (TPSA) is 34.3 Å². The first-order valence-corrected chi connectivity index (χ1v) is 8.78. The first-order valence-electron chi connectivity index (χ1n) is 8.78. The molecule has 0 saturated carbocycles. The van der Waals surface area contributed by atoms with Crippen molar-refractivity contribution < 1.29 is 14.2 Å². The van der Waals surface area contributed by atoms with E-state index in [0.717, 1.165) is 32.7 Å². The lowest BCUT2D eigenvalue weighted by Crippen LogP contribution is -2.36. The fraction of sp³-hybridized carbons (Fsp3) is 1.00. The summed E-state index contributed by atoms with van der Waals surface area (Å²) in [6.45, 7) is 14.3. The first kappa shape index (κ1) is 17.2. The second-order valence-corrected chi connectivity index (χ2v) is 7.68. The minimum Gasteiger partial charge on any atom is -0.375 e. The van der Waals surface area contributed by atoms with Crippen LogP contribution in [0.1, 0.15) is 66.7 Å². The Morgan fingerprint density at radius 3 is 2.19 bits per heavy atom. The first-order chi connectivity index (χ1) is 9.91. The van der Waals surface area contributed by atoms with Gasteiger partial charge >= 0.3 is 0 Å². The van der Waals surface area contributed by atoms with Crippen LogP contribution in [0.25, 0.3) is 0 Å². The molecule has 21 heavy (non-hydrogen) atoms. The molecular formula is C18H34O3. The van der Waals surface area contributed by atoms with Gasteiger partial charge in [0.2, 0.25) is 0 Å². The zero-order valence-electron chi connectivity index (χ0n) is 14.6. The Hall–Kier alpha value is -0.120. The van der Waals surface area contributed by atoms with Gasteiger partial charge in [-0.1, -0.05) is 34.1 Å². The Labute approximate surface area is 130 Å². The van der Waals surface area contributed by atoms with Gasteiger partial charge in [0.1, 0.15) is 0 Å². The average molecular weight is 298 g/mol. The van der Waals surface area contributed by atoms with Crippen molar-refractivity contribution in [3.8, 4) is 0 Å². The molecule has 0 N–H and O–H groups in total. The second-order valence-electron chi connectivity index (χ2n) is 7.68. The van der Waals surface area contributed by atoms with Crippen LogP contribution >= 0.6 is 0 Å². The van der Waals surface area contributed by atoms with E-state index in [2.05, 4.69) is 34.6 Å². The van der Waals surface area contributed by atoms with E-state index in [1.54, 1.807) is 0 Å². The number of rotatable bonds is 11. The molecule has 0 amide bonds. The minimum atomic E-state index is -0.0241. The van der Waals surface area contributed by atoms with Crippen LogP contribution in [0.15, 0.2) is 0 Å². The van der Waals surface area contributed by atoms with Crippen LogP contribution in [0.5, 0.6) is 0 Å². The van der Waals surface area contributed by atoms with Crippen molar-refractivity contribution in [2.75, 3.05) is 19.8 Å². The average Bonchev–Trinajstić information content (AvgIpc) is 3.36. The van der Waals surface area contributed by atoms with Crippen LogP contribution in [-0.2, 0) is 14.2 Å². The third-order valence-corrected chi connectivity index (χ3v) is 5.93. The maximum atomic E-state index is 6.35. The van der Waals surface area contributed by atoms with E-state index in [1.165, 1.54) is 19.3 Å². The molecule has 0 bridgehead atoms. The normalized spacial score (nSPS) is 31.3. The summed E-state index contributed by atoms with van der Waals surface area (Å²) in [5.41, 5.74) is 0.334. The maximum absolute atomic E-state index is 6.35. The third-order valence-electron chi connectivity index (χ3n) is 5.93. The van der Waals surface area contributed by atoms with E-state index >= 15 is 0 Å². The molecule has 0 aromatic heterocycles. The zero-order chi connectivity index (χ0) is 15.5. The van der Waals surface area contributed by atoms with E-state index in [-0.39, 0.29) is 5.60 Å². The van der Waals surface area contributed by atoms with Crippen molar-refractivity contribution in [2.45, 2.75) is 84.5 Å². The lowest BCUT2D eigenvalue weighted by molar-refractivity contribution is -0.0764. The van der Waals surface area contributed by atoms with Crippen LogP contribution < -0.4 is 0 Å². The lowest BCUT2D eigenvalue weighted by atomic mass is 9.72.